The van der Waals surface area contributed by atoms with Crippen molar-refractivity contribution in [2.45, 2.75) is 130 Å². The SMILES string of the molecule is CC(=O)N1CC2(CC(NC(=O)[C@@H]3CC[C@@H]4CN3C(=O)N4OS(=O)(=O)[O-])C2)C1.CCCC[N+](CCCC)(CCCC)CCCC. The summed E-state index contributed by atoms with van der Waals surface area (Å²) in [6, 6.07) is -2.03. The molecule has 0 aromatic rings. The minimum Gasteiger partial charge on any atom is -0.724 e. The van der Waals surface area contributed by atoms with Gasteiger partial charge in [-0.05, 0) is 51.4 Å². The van der Waals surface area contributed by atoms with Crippen molar-refractivity contribution in [1.82, 2.24) is 20.2 Å². The van der Waals surface area contributed by atoms with E-state index >= 15 is 0 Å². The first-order valence-corrected chi connectivity index (χ1v) is 18.3. The van der Waals surface area contributed by atoms with Crippen LogP contribution in [-0.4, -0.2) is 114 Å². The molecule has 1 N–H and O–H groups in total. The van der Waals surface area contributed by atoms with Gasteiger partial charge < -0.3 is 24.2 Å². The standard InChI is InChI=1S/C16H36N.C15H22N4O7S/c1-5-9-13-17(14-10-6-2,15-11-7-3)16-12-8-4;1-9(20)17-7-15(8-17)4-10(5-15)16-13(21)12-3-2-11-6-18(12)14(22)19(11)26-27(23,24)25/h5-16H2,1-4H3;10-12H,2-8H2,1H3,(H,16,21)(H,23,24,25)/q+1;/p-1/t;11-,12+/m.1/s1. The van der Waals surface area contributed by atoms with E-state index < -0.39 is 28.5 Å². The average molecular weight is 644 g/mol. The van der Waals surface area contributed by atoms with Crippen molar-refractivity contribution < 1.29 is 36.1 Å². The van der Waals surface area contributed by atoms with Gasteiger partial charge in [-0.2, -0.15) is 9.35 Å². The molecule has 44 heavy (non-hydrogen) atoms. The van der Waals surface area contributed by atoms with Gasteiger partial charge in [0.15, 0.2) is 0 Å². The number of piperidine rings is 1. The van der Waals surface area contributed by atoms with Gasteiger partial charge in [0.1, 0.15) is 6.04 Å². The summed E-state index contributed by atoms with van der Waals surface area (Å²) in [6.07, 6.45) is 13.4. The van der Waals surface area contributed by atoms with Crippen LogP contribution in [0.1, 0.15) is 112 Å². The van der Waals surface area contributed by atoms with Gasteiger partial charge in [0.05, 0.1) is 32.2 Å². The Labute approximate surface area is 265 Å². The molecule has 4 amide bonds. The molecule has 4 rings (SSSR count). The van der Waals surface area contributed by atoms with E-state index in [1.807, 2.05) is 0 Å². The number of quaternary nitrogens is 1. The minimum atomic E-state index is -5.05. The van der Waals surface area contributed by atoms with Gasteiger partial charge in [0.25, 0.3) is 0 Å². The van der Waals surface area contributed by atoms with Crippen LogP contribution in [0.25, 0.3) is 0 Å². The highest BCUT2D eigenvalue weighted by Gasteiger charge is 2.54. The summed E-state index contributed by atoms with van der Waals surface area (Å²) in [5.41, 5.74) is 0.109. The lowest BCUT2D eigenvalue weighted by atomic mass is 9.60. The van der Waals surface area contributed by atoms with Crippen LogP contribution in [0.4, 0.5) is 4.79 Å². The summed E-state index contributed by atoms with van der Waals surface area (Å²) in [4.78, 5) is 39.2. The number of carbonyl (C=O) groups is 3. The number of fused-ring (bicyclic) bond motifs is 2. The summed E-state index contributed by atoms with van der Waals surface area (Å²) >= 11 is 0. The molecule has 1 spiro atoms. The van der Waals surface area contributed by atoms with Crippen molar-refractivity contribution >= 4 is 28.2 Å². The fourth-order valence-electron chi connectivity index (χ4n) is 7.38. The fraction of sp³-hybridized carbons (Fsp3) is 0.903. The van der Waals surface area contributed by atoms with Crippen molar-refractivity contribution in [2.75, 3.05) is 45.8 Å². The number of carbonyl (C=O) groups excluding carboxylic acids is 3. The normalized spacial score (nSPS) is 22.8. The van der Waals surface area contributed by atoms with Crippen LogP contribution >= 0.6 is 0 Å². The number of hydrogen-bond acceptors (Lipinski definition) is 7. The maximum absolute atomic E-state index is 12.6. The second-order valence-corrected chi connectivity index (χ2v) is 14.6. The molecule has 1 aliphatic carbocycles. The highest BCUT2D eigenvalue weighted by atomic mass is 32.3. The molecule has 2 atom stereocenters. The lowest BCUT2D eigenvalue weighted by Crippen LogP contribution is -2.68. The van der Waals surface area contributed by atoms with Crippen molar-refractivity contribution in [1.29, 1.82) is 0 Å². The van der Waals surface area contributed by atoms with Gasteiger partial charge in [0, 0.05) is 38.0 Å². The molecule has 12 nitrogen and oxygen atoms in total. The zero-order valence-electron chi connectivity index (χ0n) is 27.7. The van der Waals surface area contributed by atoms with E-state index in [1.165, 1.54) is 86.9 Å². The van der Waals surface area contributed by atoms with Crippen molar-refractivity contribution in [3.05, 3.63) is 0 Å². The minimum absolute atomic E-state index is 0.0106. The third-order valence-electron chi connectivity index (χ3n) is 9.94. The molecule has 0 aromatic carbocycles. The first-order chi connectivity index (χ1) is 20.8. The number of urea groups is 1. The summed E-state index contributed by atoms with van der Waals surface area (Å²) < 4.78 is 38.0. The highest BCUT2D eigenvalue weighted by Crippen LogP contribution is 2.48. The third kappa shape index (κ3) is 9.53. The summed E-state index contributed by atoms with van der Waals surface area (Å²) in [7, 11) is -5.05. The van der Waals surface area contributed by atoms with Crippen LogP contribution in [0.5, 0.6) is 0 Å². The van der Waals surface area contributed by atoms with Gasteiger partial charge in [-0.25, -0.2) is 13.2 Å². The molecule has 4 fully saturated rings. The third-order valence-corrected chi connectivity index (χ3v) is 10.3. The van der Waals surface area contributed by atoms with E-state index in [1.54, 1.807) is 11.8 Å². The monoisotopic (exact) mass is 643 g/mol. The molecule has 3 saturated heterocycles. The van der Waals surface area contributed by atoms with Gasteiger partial charge in [-0.3, -0.25) is 9.59 Å². The molecule has 4 aliphatic rings. The topological polar surface area (TPSA) is 139 Å². The first-order valence-electron chi connectivity index (χ1n) is 17.0. The van der Waals surface area contributed by atoms with Crippen molar-refractivity contribution in [3.63, 3.8) is 0 Å². The molecule has 1 saturated carbocycles. The quantitative estimate of drug-likeness (QED) is 0.153. The Morgan fingerprint density at radius 1 is 0.932 bits per heavy atom. The fourth-order valence-corrected chi connectivity index (χ4v) is 7.76. The molecule has 254 valence electrons. The number of unbranched alkanes of at least 4 members (excludes halogenated alkanes) is 4. The second kappa shape index (κ2) is 16.0. The predicted octanol–water partition coefficient (Wildman–Crippen LogP) is 3.78. The Hall–Kier alpha value is -1.96. The molecule has 0 radical (unpaired) electrons. The van der Waals surface area contributed by atoms with Crippen LogP contribution in [0, 0.1) is 5.41 Å². The molecule has 3 heterocycles. The van der Waals surface area contributed by atoms with Gasteiger partial charge >= 0.3 is 6.03 Å². The van der Waals surface area contributed by atoms with E-state index in [0.717, 1.165) is 25.9 Å². The summed E-state index contributed by atoms with van der Waals surface area (Å²) in [5.74, 6) is -0.222. The number of nitrogens with zero attached hydrogens (tertiary/aromatic N) is 4. The van der Waals surface area contributed by atoms with Gasteiger partial charge in [0.2, 0.25) is 22.2 Å². The molecule has 2 bridgehead atoms. The Morgan fingerprint density at radius 2 is 1.43 bits per heavy atom. The smallest absolute Gasteiger partial charge is 0.346 e. The first kappa shape index (κ1) is 36.5. The largest absolute Gasteiger partial charge is 0.724 e. The van der Waals surface area contributed by atoms with Gasteiger partial charge in [-0.15, -0.1) is 0 Å². The van der Waals surface area contributed by atoms with E-state index in [2.05, 4.69) is 37.3 Å². The zero-order chi connectivity index (χ0) is 32.5. The van der Waals surface area contributed by atoms with Crippen LogP contribution in [0.2, 0.25) is 0 Å². The average Bonchev–Trinajstić information content (AvgIpc) is 3.16. The van der Waals surface area contributed by atoms with Crippen molar-refractivity contribution in [2.24, 2.45) is 5.41 Å². The maximum Gasteiger partial charge on any atom is 0.346 e. The Balaban J connectivity index is 0.000000271. The number of nitrogens with one attached hydrogen (secondary N) is 1. The molecular weight excluding hydrogens is 586 g/mol. The van der Waals surface area contributed by atoms with E-state index in [9.17, 15) is 27.4 Å². The molecule has 0 aromatic heterocycles. The zero-order valence-corrected chi connectivity index (χ0v) is 28.5. The number of hydrogen-bond donors (Lipinski definition) is 1. The van der Waals surface area contributed by atoms with E-state index in [0.29, 0.717) is 17.9 Å². The van der Waals surface area contributed by atoms with E-state index in [4.69, 9.17) is 0 Å². The number of amides is 4. The lowest BCUT2D eigenvalue weighted by Gasteiger charge is -2.59. The molecular formula is C31H57N5O7S. The van der Waals surface area contributed by atoms with Crippen molar-refractivity contribution in [3.8, 4) is 0 Å². The van der Waals surface area contributed by atoms with E-state index in [-0.39, 0.29) is 29.8 Å². The predicted molar refractivity (Wildman–Crippen MR) is 167 cm³/mol. The molecule has 3 aliphatic heterocycles. The molecule has 13 heteroatoms. The summed E-state index contributed by atoms with van der Waals surface area (Å²) in [5, 5.41) is 3.51. The van der Waals surface area contributed by atoms with Crippen LogP contribution in [0.15, 0.2) is 0 Å². The van der Waals surface area contributed by atoms with Crippen LogP contribution in [-0.2, 0) is 24.3 Å². The maximum atomic E-state index is 12.6. The summed E-state index contributed by atoms with van der Waals surface area (Å²) in [6.45, 7) is 18.2. The number of likely N-dealkylation sites (tertiary alicyclic amines) is 1. The van der Waals surface area contributed by atoms with Crippen LogP contribution < -0.4 is 5.32 Å². The number of hydroxylamine groups is 2. The molecule has 0 unspecified atom stereocenters. The van der Waals surface area contributed by atoms with Gasteiger partial charge in [-0.1, -0.05) is 53.4 Å². The Bertz CT molecular complexity index is 1040. The Morgan fingerprint density at radius 3 is 1.86 bits per heavy atom. The number of rotatable bonds is 16. The second-order valence-electron chi connectivity index (χ2n) is 13.6. The Kier molecular flexibility index (Phi) is 13.3. The van der Waals surface area contributed by atoms with Crippen LogP contribution in [0.3, 0.4) is 0 Å². The lowest BCUT2D eigenvalue weighted by molar-refractivity contribution is -0.929. The highest BCUT2D eigenvalue weighted by molar-refractivity contribution is 7.80.